The average molecular weight is 370 g/mol. The highest BCUT2D eigenvalue weighted by Crippen LogP contribution is 2.24. The van der Waals surface area contributed by atoms with Crippen molar-refractivity contribution in [2.24, 2.45) is 0 Å². The van der Waals surface area contributed by atoms with Crippen LogP contribution >= 0.6 is 0 Å². The minimum atomic E-state index is -0.552. The highest BCUT2D eigenvalue weighted by molar-refractivity contribution is 5.95. The molecular formula is C18H15FN4O4. The van der Waals surface area contributed by atoms with Crippen molar-refractivity contribution in [2.45, 2.75) is 0 Å². The van der Waals surface area contributed by atoms with E-state index < -0.39 is 10.8 Å². The summed E-state index contributed by atoms with van der Waals surface area (Å²) in [5.74, 6) is -0.347. The van der Waals surface area contributed by atoms with E-state index >= 15 is 0 Å². The first kappa shape index (κ1) is 18.1. The van der Waals surface area contributed by atoms with Gasteiger partial charge >= 0.3 is 0 Å². The van der Waals surface area contributed by atoms with E-state index in [4.69, 9.17) is 4.74 Å². The summed E-state index contributed by atoms with van der Waals surface area (Å²) in [6, 6.07) is 9.71. The van der Waals surface area contributed by atoms with Crippen LogP contribution in [0.5, 0.6) is 5.75 Å². The molecule has 0 radical (unpaired) electrons. The number of aromatic nitrogens is 2. The summed E-state index contributed by atoms with van der Waals surface area (Å²) in [5, 5.41) is 13.9. The number of nitrogens with zero attached hydrogens (tertiary/aromatic N) is 3. The summed E-state index contributed by atoms with van der Waals surface area (Å²) in [5.41, 5.74) is 0.268. The molecule has 2 aromatic carbocycles. The standard InChI is InChI=1S/C18H15FN4O4/c19-14-2-4-15(5-3-14)27-10-8-21-18(24)13-1-6-16(17(11-13)23(25)26)22-9-7-20-12-22/h1-7,9,11-12H,8,10H2,(H,21,24). The summed E-state index contributed by atoms with van der Waals surface area (Å²) < 4.78 is 19.7. The van der Waals surface area contributed by atoms with Crippen molar-refractivity contribution in [3.63, 3.8) is 0 Å². The van der Waals surface area contributed by atoms with Crippen molar-refractivity contribution >= 4 is 11.6 Å². The second kappa shape index (κ2) is 8.09. The van der Waals surface area contributed by atoms with Crippen LogP contribution in [0.1, 0.15) is 10.4 Å². The highest BCUT2D eigenvalue weighted by Gasteiger charge is 2.18. The lowest BCUT2D eigenvalue weighted by atomic mass is 10.1. The van der Waals surface area contributed by atoms with E-state index in [-0.39, 0.29) is 30.2 Å². The Hall–Kier alpha value is -3.75. The van der Waals surface area contributed by atoms with Crippen LogP contribution in [0.25, 0.3) is 5.69 Å². The molecule has 0 bridgehead atoms. The molecule has 138 valence electrons. The number of halogens is 1. The van der Waals surface area contributed by atoms with Crippen LogP contribution in [-0.2, 0) is 0 Å². The van der Waals surface area contributed by atoms with Crippen LogP contribution < -0.4 is 10.1 Å². The number of hydrogen-bond acceptors (Lipinski definition) is 5. The van der Waals surface area contributed by atoms with Gasteiger partial charge in [-0.15, -0.1) is 0 Å². The van der Waals surface area contributed by atoms with Crippen LogP contribution in [0.3, 0.4) is 0 Å². The molecule has 0 unspecified atom stereocenters. The Kier molecular flexibility index (Phi) is 5.41. The zero-order valence-electron chi connectivity index (χ0n) is 14.0. The molecule has 0 fully saturated rings. The number of amides is 1. The van der Waals surface area contributed by atoms with Gasteiger partial charge in [0.15, 0.2) is 0 Å². The van der Waals surface area contributed by atoms with Crippen LogP contribution in [0.2, 0.25) is 0 Å². The Balaban J connectivity index is 1.62. The highest BCUT2D eigenvalue weighted by atomic mass is 19.1. The van der Waals surface area contributed by atoms with Gasteiger partial charge in [0.25, 0.3) is 11.6 Å². The molecule has 3 rings (SSSR count). The second-order valence-electron chi connectivity index (χ2n) is 5.49. The fraction of sp³-hybridized carbons (Fsp3) is 0.111. The minimum absolute atomic E-state index is 0.160. The van der Waals surface area contributed by atoms with Crippen molar-refractivity contribution < 1.29 is 18.8 Å². The fourth-order valence-corrected chi connectivity index (χ4v) is 2.40. The number of rotatable bonds is 7. The van der Waals surface area contributed by atoms with Gasteiger partial charge in [-0.3, -0.25) is 14.9 Å². The summed E-state index contributed by atoms with van der Waals surface area (Å²) in [4.78, 5) is 26.9. The van der Waals surface area contributed by atoms with Gasteiger partial charge in [-0.25, -0.2) is 9.37 Å². The lowest BCUT2D eigenvalue weighted by Gasteiger charge is -2.09. The van der Waals surface area contributed by atoms with Crippen molar-refractivity contribution in [1.29, 1.82) is 0 Å². The van der Waals surface area contributed by atoms with Gasteiger partial charge in [0.2, 0.25) is 0 Å². The maximum absolute atomic E-state index is 12.8. The molecule has 9 heteroatoms. The molecule has 0 atom stereocenters. The van der Waals surface area contributed by atoms with E-state index in [0.717, 1.165) is 0 Å². The molecule has 0 saturated carbocycles. The Morgan fingerprint density at radius 1 is 1.26 bits per heavy atom. The molecule has 0 saturated heterocycles. The molecule has 0 aliphatic heterocycles. The van der Waals surface area contributed by atoms with E-state index in [1.165, 1.54) is 59.6 Å². The Morgan fingerprint density at radius 2 is 2.04 bits per heavy atom. The third-order valence-corrected chi connectivity index (χ3v) is 3.69. The lowest BCUT2D eigenvalue weighted by molar-refractivity contribution is -0.384. The third kappa shape index (κ3) is 4.46. The maximum atomic E-state index is 12.8. The monoisotopic (exact) mass is 370 g/mol. The first-order chi connectivity index (χ1) is 13.0. The van der Waals surface area contributed by atoms with Gasteiger partial charge in [0.1, 0.15) is 23.9 Å². The van der Waals surface area contributed by atoms with Crippen LogP contribution in [0.4, 0.5) is 10.1 Å². The number of nitro groups is 1. The zero-order valence-corrected chi connectivity index (χ0v) is 14.0. The van der Waals surface area contributed by atoms with Gasteiger partial charge in [-0.2, -0.15) is 0 Å². The van der Waals surface area contributed by atoms with Gasteiger partial charge < -0.3 is 14.6 Å². The number of carbonyl (C=O) groups excluding carboxylic acids is 1. The quantitative estimate of drug-likeness (QED) is 0.392. The molecule has 1 amide bonds. The number of nitrogens with one attached hydrogen (secondary N) is 1. The lowest BCUT2D eigenvalue weighted by Crippen LogP contribution is -2.28. The maximum Gasteiger partial charge on any atom is 0.294 e. The van der Waals surface area contributed by atoms with E-state index in [9.17, 15) is 19.3 Å². The molecule has 0 aliphatic rings. The molecule has 1 N–H and O–H groups in total. The van der Waals surface area contributed by atoms with Crippen LogP contribution in [0, 0.1) is 15.9 Å². The average Bonchev–Trinajstić information content (AvgIpc) is 3.20. The van der Waals surface area contributed by atoms with E-state index in [0.29, 0.717) is 11.4 Å². The van der Waals surface area contributed by atoms with E-state index in [1.807, 2.05) is 0 Å². The van der Waals surface area contributed by atoms with Gasteiger partial charge in [0.05, 0.1) is 17.8 Å². The Bertz CT molecular complexity index is 943. The number of nitro benzene ring substituents is 1. The topological polar surface area (TPSA) is 99.3 Å². The van der Waals surface area contributed by atoms with Gasteiger partial charge in [0, 0.05) is 24.0 Å². The molecule has 0 spiro atoms. The summed E-state index contributed by atoms with van der Waals surface area (Å²) in [6.45, 7) is 0.361. The number of benzene rings is 2. The number of ether oxygens (including phenoxy) is 1. The molecule has 1 heterocycles. The Labute approximate surface area is 153 Å². The third-order valence-electron chi connectivity index (χ3n) is 3.69. The smallest absolute Gasteiger partial charge is 0.294 e. The molecule has 27 heavy (non-hydrogen) atoms. The summed E-state index contributed by atoms with van der Waals surface area (Å²) in [7, 11) is 0. The Morgan fingerprint density at radius 3 is 2.70 bits per heavy atom. The van der Waals surface area contributed by atoms with E-state index in [2.05, 4.69) is 10.3 Å². The summed E-state index contributed by atoms with van der Waals surface area (Å²) >= 11 is 0. The minimum Gasteiger partial charge on any atom is -0.492 e. The van der Waals surface area contributed by atoms with Gasteiger partial charge in [-0.1, -0.05) is 0 Å². The second-order valence-corrected chi connectivity index (χ2v) is 5.49. The van der Waals surface area contributed by atoms with Crippen molar-refractivity contribution in [2.75, 3.05) is 13.2 Å². The predicted molar refractivity (Wildman–Crippen MR) is 94.4 cm³/mol. The molecular weight excluding hydrogens is 355 g/mol. The SMILES string of the molecule is O=C(NCCOc1ccc(F)cc1)c1ccc(-n2ccnc2)c([N+](=O)[O-])c1. The molecule has 8 nitrogen and oxygen atoms in total. The summed E-state index contributed by atoms with van der Waals surface area (Å²) in [6.07, 6.45) is 4.52. The number of hydrogen-bond donors (Lipinski definition) is 1. The van der Waals surface area contributed by atoms with Gasteiger partial charge in [-0.05, 0) is 36.4 Å². The normalized spacial score (nSPS) is 10.4. The fourth-order valence-electron chi connectivity index (χ4n) is 2.40. The van der Waals surface area contributed by atoms with Crippen molar-refractivity contribution in [1.82, 2.24) is 14.9 Å². The van der Waals surface area contributed by atoms with E-state index in [1.54, 1.807) is 6.20 Å². The number of imidazole rings is 1. The van der Waals surface area contributed by atoms with Crippen molar-refractivity contribution in [3.8, 4) is 11.4 Å². The zero-order chi connectivity index (χ0) is 19.2. The van der Waals surface area contributed by atoms with Crippen LogP contribution in [0.15, 0.2) is 61.2 Å². The first-order valence-electron chi connectivity index (χ1n) is 7.98. The molecule has 0 aliphatic carbocycles. The molecule has 3 aromatic rings. The van der Waals surface area contributed by atoms with Crippen molar-refractivity contribution in [3.05, 3.63) is 82.7 Å². The predicted octanol–water partition coefficient (Wildman–Crippen LogP) is 2.73. The molecule has 1 aromatic heterocycles. The number of carbonyl (C=O) groups is 1. The first-order valence-corrected chi connectivity index (χ1v) is 7.98. The largest absolute Gasteiger partial charge is 0.492 e. The van der Waals surface area contributed by atoms with Crippen LogP contribution in [-0.4, -0.2) is 33.5 Å².